The second-order valence-electron chi connectivity index (χ2n) is 6.91. The van der Waals surface area contributed by atoms with E-state index in [0.29, 0.717) is 15.3 Å². The summed E-state index contributed by atoms with van der Waals surface area (Å²) >= 11 is 1.24. The molecule has 1 amide bonds. The second-order valence-corrected chi connectivity index (χ2v) is 7.94. The molecule has 1 aromatic heterocycles. The summed E-state index contributed by atoms with van der Waals surface area (Å²) in [6.07, 6.45) is -1.42. The van der Waals surface area contributed by atoms with Gasteiger partial charge in [0.1, 0.15) is 5.75 Å². The first-order valence-corrected chi connectivity index (χ1v) is 9.28. The minimum Gasteiger partial charge on any atom is -0.484 e. The summed E-state index contributed by atoms with van der Waals surface area (Å²) in [5, 5.41) is 6.64. The van der Waals surface area contributed by atoms with Crippen LogP contribution in [-0.4, -0.2) is 36.8 Å². The molecule has 1 aromatic carbocycles. The predicted molar refractivity (Wildman–Crippen MR) is 99.7 cm³/mol. The number of anilines is 1. The number of benzene rings is 1. The van der Waals surface area contributed by atoms with Gasteiger partial charge in [-0.05, 0) is 56.0 Å². The van der Waals surface area contributed by atoms with Gasteiger partial charge in [-0.15, -0.1) is 12.4 Å². The molecule has 27 heavy (non-hydrogen) atoms. The molecule has 148 valence electrons. The van der Waals surface area contributed by atoms with Crippen LogP contribution in [0.15, 0.2) is 18.2 Å². The standard InChI is InChI=1S/C17H18F3N3O2S.ClH/c18-17(19,20)9-25-10-1-2-12-13(7-10)26-15(22-12)23-14(24)11-8-16(11)3-5-21-6-4-16;/h1-2,7,11,21H,3-6,8-9H2,(H,22,23,24);1H. The number of thiazole rings is 1. The smallest absolute Gasteiger partial charge is 0.422 e. The molecular weight excluding hydrogens is 403 g/mol. The molecule has 1 atom stereocenters. The summed E-state index contributed by atoms with van der Waals surface area (Å²) in [5.74, 6) is 0.147. The van der Waals surface area contributed by atoms with E-state index < -0.39 is 12.8 Å². The minimum absolute atomic E-state index is 0. The summed E-state index contributed by atoms with van der Waals surface area (Å²) in [7, 11) is 0. The van der Waals surface area contributed by atoms with E-state index in [1.165, 1.54) is 23.5 Å². The number of nitrogens with one attached hydrogen (secondary N) is 2. The maximum absolute atomic E-state index is 12.5. The van der Waals surface area contributed by atoms with E-state index in [-0.39, 0.29) is 35.4 Å². The maximum atomic E-state index is 12.5. The molecule has 5 nitrogen and oxygen atoms in total. The zero-order valence-corrected chi connectivity index (χ0v) is 15.9. The monoisotopic (exact) mass is 421 g/mol. The highest BCUT2D eigenvalue weighted by atomic mass is 35.5. The van der Waals surface area contributed by atoms with Crippen molar-refractivity contribution in [2.45, 2.75) is 25.4 Å². The van der Waals surface area contributed by atoms with Crippen molar-refractivity contribution in [3.63, 3.8) is 0 Å². The Bertz CT molecular complexity index is 836. The van der Waals surface area contributed by atoms with Gasteiger partial charge >= 0.3 is 6.18 Å². The van der Waals surface area contributed by atoms with Gasteiger partial charge in [0.2, 0.25) is 5.91 Å². The summed E-state index contributed by atoms with van der Waals surface area (Å²) in [4.78, 5) is 16.8. The molecule has 1 spiro atoms. The average molecular weight is 422 g/mol. The van der Waals surface area contributed by atoms with E-state index in [1.54, 1.807) is 6.07 Å². The van der Waals surface area contributed by atoms with Crippen molar-refractivity contribution in [2.75, 3.05) is 25.0 Å². The van der Waals surface area contributed by atoms with Crippen LogP contribution in [0.25, 0.3) is 10.2 Å². The third-order valence-corrected chi connectivity index (χ3v) is 6.03. The molecule has 10 heteroatoms. The number of hydrogen-bond acceptors (Lipinski definition) is 5. The van der Waals surface area contributed by atoms with Gasteiger partial charge in [0.15, 0.2) is 11.7 Å². The van der Waals surface area contributed by atoms with E-state index in [0.717, 1.165) is 32.4 Å². The number of rotatable bonds is 4. The molecule has 1 aliphatic heterocycles. The van der Waals surface area contributed by atoms with E-state index in [4.69, 9.17) is 4.74 Å². The molecule has 2 aliphatic rings. The van der Waals surface area contributed by atoms with Crippen LogP contribution < -0.4 is 15.4 Å². The number of hydrogen-bond donors (Lipinski definition) is 2. The van der Waals surface area contributed by atoms with Crippen molar-refractivity contribution in [1.29, 1.82) is 0 Å². The average Bonchev–Trinajstić information content (AvgIpc) is 3.12. The van der Waals surface area contributed by atoms with Gasteiger partial charge in [0.05, 0.1) is 10.2 Å². The van der Waals surface area contributed by atoms with Crippen molar-refractivity contribution < 1.29 is 22.7 Å². The molecule has 1 unspecified atom stereocenters. The lowest BCUT2D eigenvalue weighted by molar-refractivity contribution is -0.153. The van der Waals surface area contributed by atoms with Crippen LogP contribution in [0.4, 0.5) is 18.3 Å². The zero-order chi connectivity index (χ0) is 18.4. The molecule has 1 saturated heterocycles. The minimum atomic E-state index is -4.38. The third kappa shape index (κ3) is 4.47. The Morgan fingerprint density at radius 1 is 1.37 bits per heavy atom. The number of carbonyl (C=O) groups excluding carboxylic acids is 1. The van der Waals surface area contributed by atoms with E-state index in [1.807, 2.05) is 0 Å². The molecule has 2 aromatic rings. The largest absolute Gasteiger partial charge is 0.484 e. The molecule has 2 N–H and O–H groups in total. The first-order chi connectivity index (χ1) is 12.3. The van der Waals surface area contributed by atoms with Gasteiger partial charge in [-0.3, -0.25) is 4.79 Å². The van der Waals surface area contributed by atoms with Crippen molar-refractivity contribution >= 4 is 45.0 Å². The van der Waals surface area contributed by atoms with Crippen LogP contribution in [0.5, 0.6) is 5.75 Å². The lowest BCUT2D eigenvalue weighted by atomic mass is 9.92. The van der Waals surface area contributed by atoms with Gasteiger partial charge in [0.25, 0.3) is 0 Å². The normalized spacial score (nSPS) is 20.9. The summed E-state index contributed by atoms with van der Waals surface area (Å²) in [6.45, 7) is 0.566. The Kier molecular flexibility index (Phi) is 5.56. The number of nitrogens with zero attached hydrogens (tertiary/aromatic N) is 1. The number of aromatic nitrogens is 1. The SMILES string of the molecule is Cl.O=C(Nc1nc2ccc(OCC(F)(F)F)cc2s1)C1CC12CCNCC2. The van der Waals surface area contributed by atoms with E-state index >= 15 is 0 Å². The number of ether oxygens (including phenoxy) is 1. The van der Waals surface area contributed by atoms with Gasteiger partial charge < -0.3 is 15.4 Å². The quantitative estimate of drug-likeness (QED) is 0.783. The lowest BCUT2D eigenvalue weighted by Gasteiger charge is -2.22. The highest BCUT2D eigenvalue weighted by Crippen LogP contribution is 2.58. The molecule has 1 aliphatic carbocycles. The summed E-state index contributed by atoms with van der Waals surface area (Å²) in [5.41, 5.74) is 0.766. The summed E-state index contributed by atoms with van der Waals surface area (Å²) in [6, 6.07) is 4.56. The van der Waals surface area contributed by atoms with Crippen molar-refractivity contribution in [1.82, 2.24) is 10.3 Å². The van der Waals surface area contributed by atoms with Gasteiger partial charge in [-0.1, -0.05) is 11.3 Å². The second kappa shape index (κ2) is 7.44. The Labute approximate surface area is 164 Å². The van der Waals surface area contributed by atoms with Crippen LogP contribution in [0, 0.1) is 11.3 Å². The highest BCUT2D eigenvalue weighted by Gasteiger charge is 2.57. The third-order valence-electron chi connectivity index (χ3n) is 5.10. The van der Waals surface area contributed by atoms with Crippen molar-refractivity contribution in [3.8, 4) is 5.75 Å². The number of piperidine rings is 1. The molecular formula is C17H19ClF3N3O2S. The van der Waals surface area contributed by atoms with Crippen LogP contribution in [0.1, 0.15) is 19.3 Å². The fourth-order valence-electron chi connectivity index (χ4n) is 3.60. The fraction of sp³-hybridized carbons (Fsp3) is 0.529. The number of fused-ring (bicyclic) bond motifs is 1. The molecule has 2 fully saturated rings. The van der Waals surface area contributed by atoms with Gasteiger partial charge in [-0.2, -0.15) is 13.2 Å². The molecule has 0 radical (unpaired) electrons. The summed E-state index contributed by atoms with van der Waals surface area (Å²) < 4.78 is 42.2. The Hall–Kier alpha value is -1.58. The topological polar surface area (TPSA) is 63.2 Å². The van der Waals surface area contributed by atoms with Gasteiger partial charge in [-0.25, -0.2) is 4.98 Å². The Morgan fingerprint density at radius 3 is 2.81 bits per heavy atom. The van der Waals surface area contributed by atoms with Crippen molar-refractivity contribution in [3.05, 3.63) is 18.2 Å². The first-order valence-electron chi connectivity index (χ1n) is 8.46. The molecule has 0 bridgehead atoms. The molecule has 4 rings (SSSR count). The predicted octanol–water partition coefficient (Wildman–Crippen LogP) is 3.99. The molecule has 2 heterocycles. The Morgan fingerprint density at radius 2 is 2.11 bits per heavy atom. The van der Waals surface area contributed by atoms with Crippen LogP contribution in [-0.2, 0) is 4.79 Å². The van der Waals surface area contributed by atoms with Crippen molar-refractivity contribution in [2.24, 2.45) is 11.3 Å². The number of halogens is 4. The van der Waals surface area contributed by atoms with Crippen LogP contribution in [0.3, 0.4) is 0 Å². The fourth-order valence-corrected chi connectivity index (χ4v) is 4.50. The van der Waals surface area contributed by atoms with Crippen LogP contribution in [0.2, 0.25) is 0 Å². The maximum Gasteiger partial charge on any atom is 0.422 e. The van der Waals surface area contributed by atoms with Crippen LogP contribution >= 0.6 is 23.7 Å². The first kappa shape index (κ1) is 20.2. The number of carbonyl (C=O) groups is 1. The van der Waals surface area contributed by atoms with Gasteiger partial charge in [0, 0.05) is 5.92 Å². The zero-order valence-electron chi connectivity index (χ0n) is 14.3. The number of alkyl halides is 3. The Balaban J connectivity index is 0.00000210. The van der Waals surface area contributed by atoms with E-state index in [9.17, 15) is 18.0 Å². The number of amides is 1. The van der Waals surface area contributed by atoms with E-state index in [2.05, 4.69) is 15.6 Å². The lowest BCUT2D eigenvalue weighted by Crippen LogP contribution is -2.31. The highest BCUT2D eigenvalue weighted by molar-refractivity contribution is 7.22. The molecule has 1 saturated carbocycles.